The van der Waals surface area contributed by atoms with Crippen LogP contribution < -0.4 is 5.32 Å². The molecule has 3 rings (SSSR count). The van der Waals surface area contributed by atoms with Crippen molar-refractivity contribution in [1.82, 2.24) is 10.2 Å². The molecule has 1 saturated carbocycles. The molecule has 0 amide bonds. The normalized spacial score (nSPS) is 25.2. The molecule has 1 aliphatic heterocycles. The second-order valence-corrected chi connectivity index (χ2v) is 7.42. The Morgan fingerprint density at radius 2 is 2.00 bits per heavy atom. The van der Waals surface area contributed by atoms with Gasteiger partial charge in [0.15, 0.2) is 0 Å². The first-order valence-corrected chi connectivity index (χ1v) is 9.39. The van der Waals surface area contributed by atoms with Gasteiger partial charge < -0.3 is 10.2 Å². The van der Waals surface area contributed by atoms with Crippen molar-refractivity contribution in [3.63, 3.8) is 0 Å². The van der Waals surface area contributed by atoms with Crippen molar-refractivity contribution in [3.8, 4) is 0 Å². The van der Waals surface area contributed by atoms with Gasteiger partial charge in [0.1, 0.15) is 5.78 Å². The fraction of sp³-hybridized carbons (Fsp3) is 0.571. The third-order valence-electron chi connectivity index (χ3n) is 5.33. The van der Waals surface area contributed by atoms with Gasteiger partial charge in [-0.3, -0.25) is 4.79 Å². The van der Waals surface area contributed by atoms with E-state index in [9.17, 15) is 4.79 Å². The SMILES string of the molecule is CC(=O)CCN1CCC(CNC2CC2/C=C/c2ccccc2)CC1. The van der Waals surface area contributed by atoms with E-state index in [0.717, 1.165) is 32.1 Å². The Morgan fingerprint density at radius 3 is 2.71 bits per heavy atom. The molecule has 1 N–H and O–H groups in total. The molecule has 1 aromatic carbocycles. The molecule has 3 heteroatoms. The predicted molar refractivity (Wildman–Crippen MR) is 99.8 cm³/mol. The quantitative estimate of drug-likeness (QED) is 0.795. The summed E-state index contributed by atoms with van der Waals surface area (Å²) in [4.78, 5) is 13.5. The average molecular weight is 326 g/mol. The monoisotopic (exact) mass is 326 g/mol. The molecule has 0 spiro atoms. The van der Waals surface area contributed by atoms with E-state index in [0.29, 0.717) is 24.2 Å². The Kier molecular flexibility index (Phi) is 6.22. The first kappa shape index (κ1) is 17.4. The van der Waals surface area contributed by atoms with Crippen LogP contribution in [-0.4, -0.2) is 42.9 Å². The highest BCUT2D eigenvalue weighted by atomic mass is 16.1. The van der Waals surface area contributed by atoms with E-state index >= 15 is 0 Å². The number of benzene rings is 1. The van der Waals surface area contributed by atoms with E-state index < -0.39 is 0 Å². The van der Waals surface area contributed by atoms with E-state index in [1.54, 1.807) is 6.92 Å². The van der Waals surface area contributed by atoms with Crippen molar-refractivity contribution in [2.24, 2.45) is 11.8 Å². The number of rotatable bonds is 8. The highest BCUT2D eigenvalue weighted by Gasteiger charge is 2.34. The van der Waals surface area contributed by atoms with Gasteiger partial charge >= 0.3 is 0 Å². The molecule has 1 heterocycles. The summed E-state index contributed by atoms with van der Waals surface area (Å²) in [5.74, 6) is 1.82. The fourth-order valence-corrected chi connectivity index (χ4v) is 3.51. The Bertz CT molecular complexity index is 546. The van der Waals surface area contributed by atoms with Crippen molar-refractivity contribution in [2.45, 2.75) is 38.6 Å². The highest BCUT2D eigenvalue weighted by molar-refractivity contribution is 5.75. The summed E-state index contributed by atoms with van der Waals surface area (Å²) in [6.07, 6.45) is 9.13. The van der Waals surface area contributed by atoms with Gasteiger partial charge in [-0.1, -0.05) is 42.5 Å². The summed E-state index contributed by atoms with van der Waals surface area (Å²) >= 11 is 0. The number of likely N-dealkylation sites (tertiary alicyclic amines) is 1. The maximum absolute atomic E-state index is 11.1. The van der Waals surface area contributed by atoms with Crippen molar-refractivity contribution in [1.29, 1.82) is 0 Å². The number of ketones is 1. The van der Waals surface area contributed by atoms with Crippen LogP contribution in [0.1, 0.15) is 38.2 Å². The lowest BCUT2D eigenvalue weighted by Crippen LogP contribution is -2.38. The van der Waals surface area contributed by atoms with Crippen LogP contribution in [0.4, 0.5) is 0 Å². The molecule has 24 heavy (non-hydrogen) atoms. The van der Waals surface area contributed by atoms with Crippen LogP contribution in [0, 0.1) is 11.8 Å². The second-order valence-electron chi connectivity index (χ2n) is 7.42. The smallest absolute Gasteiger partial charge is 0.131 e. The van der Waals surface area contributed by atoms with E-state index in [4.69, 9.17) is 0 Å². The van der Waals surface area contributed by atoms with Gasteiger partial charge in [-0.15, -0.1) is 0 Å². The Balaban J connectivity index is 1.30. The van der Waals surface area contributed by atoms with E-state index in [1.807, 2.05) is 0 Å². The van der Waals surface area contributed by atoms with Crippen LogP contribution in [0.2, 0.25) is 0 Å². The van der Waals surface area contributed by atoms with Gasteiger partial charge in [0.25, 0.3) is 0 Å². The Labute approximate surface area is 146 Å². The highest BCUT2D eigenvalue weighted by Crippen LogP contribution is 2.32. The molecule has 2 aliphatic rings. The number of carbonyl (C=O) groups is 1. The Hall–Kier alpha value is -1.45. The first-order valence-electron chi connectivity index (χ1n) is 9.39. The molecule has 1 aliphatic carbocycles. The maximum Gasteiger partial charge on any atom is 0.131 e. The molecule has 1 saturated heterocycles. The zero-order valence-corrected chi connectivity index (χ0v) is 14.8. The van der Waals surface area contributed by atoms with Gasteiger partial charge in [0.2, 0.25) is 0 Å². The minimum Gasteiger partial charge on any atom is -0.313 e. The first-order chi connectivity index (χ1) is 11.7. The van der Waals surface area contributed by atoms with Crippen LogP contribution in [0.15, 0.2) is 36.4 Å². The van der Waals surface area contributed by atoms with Crippen molar-refractivity contribution < 1.29 is 4.79 Å². The molecular formula is C21H30N2O. The fourth-order valence-electron chi connectivity index (χ4n) is 3.51. The van der Waals surface area contributed by atoms with Gasteiger partial charge in [0, 0.05) is 19.0 Å². The lowest BCUT2D eigenvalue weighted by molar-refractivity contribution is -0.117. The summed E-state index contributed by atoms with van der Waals surface area (Å²) in [7, 11) is 0. The molecule has 130 valence electrons. The van der Waals surface area contributed by atoms with Crippen LogP contribution in [0.3, 0.4) is 0 Å². The maximum atomic E-state index is 11.1. The van der Waals surface area contributed by atoms with Crippen molar-refractivity contribution >= 4 is 11.9 Å². The second kappa shape index (κ2) is 8.59. The standard InChI is InChI=1S/C21H30N2O/c1-17(24)9-12-23-13-10-19(11-14-23)16-22-21-15-20(21)8-7-18-5-3-2-4-6-18/h2-8,19-22H,9-16H2,1H3/b8-7+. The van der Waals surface area contributed by atoms with E-state index in [-0.39, 0.29) is 0 Å². The van der Waals surface area contributed by atoms with Gasteiger partial charge in [-0.25, -0.2) is 0 Å². The van der Waals surface area contributed by atoms with Crippen molar-refractivity contribution in [3.05, 3.63) is 42.0 Å². The van der Waals surface area contributed by atoms with Gasteiger partial charge in [0.05, 0.1) is 0 Å². The van der Waals surface area contributed by atoms with Gasteiger partial charge in [-0.2, -0.15) is 0 Å². The predicted octanol–water partition coefficient (Wildman–Crippen LogP) is 3.37. The molecular weight excluding hydrogens is 296 g/mol. The zero-order valence-electron chi connectivity index (χ0n) is 14.8. The topological polar surface area (TPSA) is 32.3 Å². The molecule has 2 fully saturated rings. The molecule has 0 bridgehead atoms. The lowest BCUT2D eigenvalue weighted by Gasteiger charge is -2.31. The molecule has 0 radical (unpaired) electrons. The molecule has 3 nitrogen and oxygen atoms in total. The minimum absolute atomic E-state index is 0.308. The number of carbonyl (C=O) groups excluding carboxylic acids is 1. The molecule has 1 aromatic rings. The summed E-state index contributed by atoms with van der Waals surface area (Å²) in [5.41, 5.74) is 1.29. The number of piperidine rings is 1. The van der Waals surface area contributed by atoms with E-state index in [2.05, 4.69) is 52.7 Å². The van der Waals surface area contributed by atoms with E-state index in [1.165, 1.54) is 24.8 Å². The van der Waals surface area contributed by atoms with Crippen LogP contribution in [0.5, 0.6) is 0 Å². The number of hydrogen-bond acceptors (Lipinski definition) is 3. The number of nitrogens with zero attached hydrogens (tertiary/aromatic N) is 1. The minimum atomic E-state index is 0.308. The third-order valence-corrected chi connectivity index (χ3v) is 5.33. The average Bonchev–Trinajstić information content (AvgIpc) is 3.37. The Morgan fingerprint density at radius 1 is 1.25 bits per heavy atom. The van der Waals surface area contributed by atoms with Gasteiger partial charge in [-0.05, 0) is 63.2 Å². The van der Waals surface area contributed by atoms with Crippen molar-refractivity contribution in [2.75, 3.05) is 26.2 Å². The zero-order chi connectivity index (χ0) is 16.8. The van der Waals surface area contributed by atoms with Crippen LogP contribution >= 0.6 is 0 Å². The summed E-state index contributed by atoms with van der Waals surface area (Å²) in [5, 5.41) is 3.75. The number of hydrogen-bond donors (Lipinski definition) is 1. The lowest BCUT2D eigenvalue weighted by atomic mass is 9.96. The number of Topliss-reactive ketones (excluding diaryl/α,β-unsaturated/α-hetero) is 1. The van der Waals surface area contributed by atoms with Crippen LogP contribution in [-0.2, 0) is 4.79 Å². The largest absolute Gasteiger partial charge is 0.313 e. The summed E-state index contributed by atoms with van der Waals surface area (Å²) < 4.78 is 0. The summed E-state index contributed by atoms with van der Waals surface area (Å²) in [6.45, 7) is 6.10. The summed E-state index contributed by atoms with van der Waals surface area (Å²) in [6, 6.07) is 11.2. The molecule has 2 unspecified atom stereocenters. The molecule has 2 atom stereocenters. The van der Waals surface area contributed by atoms with Crippen LogP contribution in [0.25, 0.3) is 6.08 Å². The molecule has 0 aromatic heterocycles. The number of nitrogens with one attached hydrogen (secondary N) is 1. The third kappa shape index (κ3) is 5.57.